The van der Waals surface area contributed by atoms with Crippen LogP contribution in [0.15, 0.2) is 90.4 Å². The number of hydrogen-bond acceptors (Lipinski definition) is 9. The molecule has 1 fully saturated rings. The van der Waals surface area contributed by atoms with Crippen molar-refractivity contribution in [2.24, 2.45) is 0 Å². The van der Waals surface area contributed by atoms with Crippen LogP contribution >= 0.6 is 0 Å². The number of halogens is 2. The smallest absolute Gasteiger partial charge is 0.299 e. The van der Waals surface area contributed by atoms with Crippen LogP contribution in [0, 0.1) is 11.6 Å². The van der Waals surface area contributed by atoms with Crippen LogP contribution in [0.5, 0.6) is 17.2 Å². The number of piperazine rings is 1. The Balaban J connectivity index is 1.42. The van der Waals surface area contributed by atoms with Crippen molar-refractivity contribution in [1.82, 2.24) is 19.4 Å². The predicted molar refractivity (Wildman–Crippen MR) is 176 cm³/mol. The Morgan fingerprint density at radius 1 is 0.957 bits per heavy atom. The van der Waals surface area contributed by atoms with Gasteiger partial charge >= 0.3 is 0 Å². The summed E-state index contributed by atoms with van der Waals surface area (Å²) in [5.41, 5.74) is 1.86. The number of nitrogens with one attached hydrogen (secondary N) is 2. The number of pyridine rings is 1. The number of hydrogen-bond donors (Lipinski definition) is 2. The van der Waals surface area contributed by atoms with Gasteiger partial charge in [-0.3, -0.25) is 14.2 Å². The van der Waals surface area contributed by atoms with E-state index in [0.717, 1.165) is 50.1 Å². The van der Waals surface area contributed by atoms with Gasteiger partial charge in [0.2, 0.25) is 11.9 Å². The molecule has 3 heterocycles. The van der Waals surface area contributed by atoms with Gasteiger partial charge in [-0.05, 0) is 61.7 Å². The second-order valence-corrected chi connectivity index (χ2v) is 10.8. The Morgan fingerprint density at radius 2 is 1.77 bits per heavy atom. The maximum atomic E-state index is 14.5. The van der Waals surface area contributed by atoms with Crippen LogP contribution in [0.1, 0.15) is 0 Å². The average molecular weight is 640 g/mol. The summed E-state index contributed by atoms with van der Waals surface area (Å²) in [4.78, 5) is 39.7. The normalized spacial score (nSPS) is 13.3. The summed E-state index contributed by atoms with van der Waals surface area (Å²) in [5, 5.41) is 6.24. The number of rotatable bonds is 9. The van der Waals surface area contributed by atoms with Crippen molar-refractivity contribution in [2.75, 3.05) is 55.9 Å². The van der Waals surface area contributed by atoms with Gasteiger partial charge in [0.25, 0.3) is 5.56 Å². The first-order valence-corrected chi connectivity index (χ1v) is 14.7. The monoisotopic (exact) mass is 639 g/mol. The van der Waals surface area contributed by atoms with Gasteiger partial charge < -0.3 is 29.9 Å². The molecule has 11 nitrogen and oxygen atoms in total. The quantitative estimate of drug-likeness (QED) is 0.203. The number of ether oxygens (including phenoxy) is 2. The molecule has 0 saturated carbocycles. The summed E-state index contributed by atoms with van der Waals surface area (Å²) >= 11 is 0. The molecule has 0 radical (unpaired) electrons. The van der Waals surface area contributed by atoms with Gasteiger partial charge in [-0.15, -0.1) is 0 Å². The van der Waals surface area contributed by atoms with Gasteiger partial charge in [0.05, 0.1) is 18.5 Å². The fourth-order valence-electron chi connectivity index (χ4n) is 5.20. The number of nitrogens with zero attached hydrogens (tertiary/aromatic N) is 5. The van der Waals surface area contributed by atoms with E-state index in [1.54, 1.807) is 31.4 Å². The second-order valence-electron chi connectivity index (χ2n) is 10.8. The molecule has 0 spiro atoms. The van der Waals surface area contributed by atoms with Crippen LogP contribution in [0.3, 0.4) is 0 Å². The molecule has 0 bridgehead atoms. The average Bonchev–Trinajstić information content (AvgIpc) is 3.07. The Labute approximate surface area is 268 Å². The minimum Gasteiger partial charge on any atom is -0.494 e. The number of carbonyl (C=O) groups excluding carboxylic acids is 1. The Morgan fingerprint density at radius 3 is 2.51 bits per heavy atom. The van der Waals surface area contributed by atoms with Crippen LogP contribution in [0.2, 0.25) is 0 Å². The van der Waals surface area contributed by atoms with E-state index in [-0.39, 0.29) is 23.1 Å². The molecule has 13 heteroatoms. The van der Waals surface area contributed by atoms with Crippen LogP contribution in [-0.2, 0) is 4.79 Å². The van der Waals surface area contributed by atoms with Crippen molar-refractivity contribution in [1.29, 1.82) is 0 Å². The summed E-state index contributed by atoms with van der Waals surface area (Å²) in [6.45, 7) is 7.19. The fourth-order valence-corrected chi connectivity index (χ4v) is 5.20. The topological polar surface area (TPSA) is 114 Å². The number of methoxy groups -OCH3 is 1. The fraction of sp³-hybridized carbons (Fsp3) is 0.176. The van der Waals surface area contributed by atoms with Crippen molar-refractivity contribution >= 4 is 40.0 Å². The third kappa shape index (κ3) is 6.75. The standard InChI is InChI=1S/C34H31F2N7O4/c1-4-31(44)38-23-6-5-7-25(18-23)43-32-21(16-30(33(43)45)47-28-11-8-22(35)17-26(28)36)20-37-34(40-32)39-27-10-9-24(19-29(27)46-3)42-14-12-41(2)13-15-42/h4-11,16-20H,1,12-15H2,2-3H3,(H,38,44)(H,37,39,40). The molecule has 1 aliphatic heterocycles. The number of aromatic nitrogens is 3. The lowest BCUT2D eigenvalue weighted by atomic mass is 10.2. The van der Waals surface area contributed by atoms with Gasteiger partial charge in [-0.2, -0.15) is 4.98 Å². The first-order chi connectivity index (χ1) is 22.7. The van der Waals surface area contributed by atoms with Crippen LogP contribution in [0.25, 0.3) is 16.7 Å². The van der Waals surface area contributed by atoms with E-state index in [1.807, 2.05) is 18.2 Å². The molecule has 1 amide bonds. The Kier molecular flexibility index (Phi) is 8.80. The minimum atomic E-state index is -0.978. The third-order valence-electron chi connectivity index (χ3n) is 7.68. The summed E-state index contributed by atoms with van der Waals surface area (Å²) in [5.74, 6) is -2.05. The van der Waals surface area contributed by atoms with E-state index in [1.165, 1.54) is 16.8 Å². The summed E-state index contributed by atoms with van der Waals surface area (Å²) in [6, 6.07) is 16.5. The predicted octanol–water partition coefficient (Wildman–Crippen LogP) is 5.48. The highest BCUT2D eigenvalue weighted by atomic mass is 19.1. The van der Waals surface area contributed by atoms with E-state index < -0.39 is 23.1 Å². The molecule has 0 unspecified atom stereocenters. The SMILES string of the molecule is C=CC(=O)Nc1cccc(-n2c(=O)c(Oc3ccc(F)cc3F)cc3cnc(Nc4ccc(N5CCN(C)CC5)cc4OC)nc32)c1. The number of carbonyl (C=O) groups is 1. The lowest BCUT2D eigenvalue weighted by Crippen LogP contribution is -2.44. The van der Waals surface area contributed by atoms with Gasteiger partial charge in [-0.1, -0.05) is 12.6 Å². The number of fused-ring (bicyclic) bond motifs is 1. The number of benzene rings is 3. The van der Waals surface area contributed by atoms with Crippen LogP contribution in [-0.4, -0.2) is 65.7 Å². The summed E-state index contributed by atoms with van der Waals surface area (Å²) < 4.78 is 40.7. The van der Waals surface area contributed by atoms with Crippen molar-refractivity contribution < 1.29 is 23.0 Å². The molecule has 2 aromatic heterocycles. The molecule has 1 aliphatic rings. The maximum absolute atomic E-state index is 14.5. The van der Waals surface area contributed by atoms with Gasteiger partial charge in [0.1, 0.15) is 11.6 Å². The number of anilines is 4. The maximum Gasteiger partial charge on any atom is 0.299 e. The molecule has 6 rings (SSSR count). The van der Waals surface area contributed by atoms with E-state index in [4.69, 9.17) is 9.47 Å². The zero-order valence-electron chi connectivity index (χ0n) is 25.7. The molecular formula is C34H31F2N7O4. The highest BCUT2D eigenvalue weighted by Gasteiger charge is 2.19. The minimum absolute atomic E-state index is 0.172. The molecule has 0 atom stereocenters. The van der Waals surface area contributed by atoms with E-state index >= 15 is 0 Å². The van der Waals surface area contributed by atoms with E-state index in [9.17, 15) is 18.4 Å². The van der Waals surface area contributed by atoms with Crippen molar-refractivity contribution in [3.8, 4) is 22.9 Å². The van der Waals surface area contributed by atoms with E-state index in [2.05, 4.69) is 44.0 Å². The number of amides is 1. The van der Waals surface area contributed by atoms with Crippen molar-refractivity contribution in [2.45, 2.75) is 0 Å². The lowest BCUT2D eigenvalue weighted by Gasteiger charge is -2.34. The molecule has 2 N–H and O–H groups in total. The van der Waals surface area contributed by atoms with Gasteiger partial charge in [-0.25, -0.2) is 13.8 Å². The van der Waals surface area contributed by atoms with E-state index in [0.29, 0.717) is 34.3 Å². The third-order valence-corrected chi connectivity index (χ3v) is 7.68. The van der Waals surface area contributed by atoms with Crippen molar-refractivity contribution in [3.05, 3.63) is 108 Å². The van der Waals surface area contributed by atoms with Gasteiger partial charge in [0.15, 0.2) is 23.0 Å². The molecule has 1 saturated heterocycles. The summed E-state index contributed by atoms with van der Waals surface area (Å²) in [6.07, 6.45) is 2.61. The highest BCUT2D eigenvalue weighted by molar-refractivity contribution is 5.99. The van der Waals surface area contributed by atoms with Crippen molar-refractivity contribution in [3.63, 3.8) is 0 Å². The molecule has 47 heavy (non-hydrogen) atoms. The lowest BCUT2D eigenvalue weighted by molar-refractivity contribution is -0.111. The van der Waals surface area contributed by atoms with Crippen LogP contribution < -0.4 is 30.6 Å². The largest absolute Gasteiger partial charge is 0.494 e. The first-order valence-electron chi connectivity index (χ1n) is 14.7. The molecule has 240 valence electrons. The summed E-state index contributed by atoms with van der Waals surface area (Å²) in [7, 11) is 3.68. The molecular weight excluding hydrogens is 608 g/mol. The zero-order chi connectivity index (χ0) is 33.1. The van der Waals surface area contributed by atoms with Crippen LogP contribution in [0.4, 0.5) is 31.8 Å². The molecule has 0 aliphatic carbocycles. The molecule has 5 aromatic rings. The highest BCUT2D eigenvalue weighted by Crippen LogP contribution is 2.33. The van der Waals surface area contributed by atoms with Gasteiger partial charge in [0, 0.05) is 61.3 Å². The zero-order valence-corrected chi connectivity index (χ0v) is 25.7. The Bertz CT molecular complexity index is 2040. The number of likely N-dealkylation sites (N-methyl/N-ethyl adjacent to an activating group) is 1. The second kappa shape index (κ2) is 13.3. The molecule has 3 aromatic carbocycles. The first kappa shape index (κ1) is 31.2. The Hall–Kier alpha value is -5.82.